The van der Waals surface area contributed by atoms with Crippen molar-refractivity contribution in [3.8, 4) is 11.5 Å². The number of methoxy groups -OCH3 is 1. The first-order valence-corrected chi connectivity index (χ1v) is 5.99. The number of ether oxygens (including phenoxy) is 3. The first kappa shape index (κ1) is 14.5. The molecule has 18 heavy (non-hydrogen) atoms. The van der Waals surface area contributed by atoms with Gasteiger partial charge in [-0.25, -0.2) is 0 Å². The molecule has 0 bridgehead atoms. The molecule has 4 heteroatoms. The number of benzene rings is 1. The lowest BCUT2D eigenvalue weighted by Crippen LogP contribution is -2.13. The van der Waals surface area contributed by atoms with Crippen LogP contribution in [0.25, 0.3) is 6.08 Å². The summed E-state index contributed by atoms with van der Waals surface area (Å²) in [5.41, 5.74) is 0.911. The zero-order chi connectivity index (χ0) is 13.4. The van der Waals surface area contributed by atoms with Crippen molar-refractivity contribution in [2.24, 2.45) is 0 Å². The summed E-state index contributed by atoms with van der Waals surface area (Å²) in [6.07, 6.45) is 3.36. The molecule has 0 aromatic heterocycles. The number of phenolic OH excluding ortho intramolecular Hbond substituents is 1. The standard InChI is InChI=1S/C14H20O4/c1-4-17-14(18-5-2)9-7-11-6-8-12(15)13(10-11)16-3/h6-10,14-15H,4-5H2,1-3H3/b9-7+. The molecule has 100 valence electrons. The zero-order valence-electron chi connectivity index (χ0n) is 11.1. The largest absolute Gasteiger partial charge is 0.504 e. The molecule has 0 radical (unpaired) electrons. The lowest BCUT2D eigenvalue weighted by Gasteiger charge is -2.12. The average molecular weight is 252 g/mol. The molecule has 0 aliphatic rings. The highest BCUT2D eigenvalue weighted by atomic mass is 16.7. The zero-order valence-corrected chi connectivity index (χ0v) is 11.1. The van der Waals surface area contributed by atoms with Crippen LogP contribution in [0, 0.1) is 0 Å². The summed E-state index contributed by atoms with van der Waals surface area (Å²) in [6, 6.07) is 5.14. The number of aromatic hydroxyl groups is 1. The van der Waals surface area contributed by atoms with E-state index in [0.717, 1.165) is 5.56 Å². The minimum absolute atomic E-state index is 0.126. The van der Waals surface area contributed by atoms with Crippen molar-refractivity contribution in [2.75, 3.05) is 20.3 Å². The number of hydrogen-bond donors (Lipinski definition) is 1. The molecule has 0 unspecified atom stereocenters. The van der Waals surface area contributed by atoms with Crippen LogP contribution in [0.15, 0.2) is 24.3 Å². The number of hydrogen-bond acceptors (Lipinski definition) is 4. The van der Waals surface area contributed by atoms with Gasteiger partial charge in [-0.1, -0.05) is 12.1 Å². The second-order valence-electron chi connectivity index (χ2n) is 3.57. The molecule has 0 saturated carbocycles. The molecule has 0 fully saturated rings. The minimum atomic E-state index is -0.347. The van der Waals surface area contributed by atoms with Crippen molar-refractivity contribution in [3.63, 3.8) is 0 Å². The summed E-state index contributed by atoms with van der Waals surface area (Å²) in [7, 11) is 1.52. The normalized spacial score (nSPS) is 11.3. The number of rotatable bonds is 7. The molecule has 1 N–H and O–H groups in total. The topological polar surface area (TPSA) is 47.9 Å². The maximum Gasteiger partial charge on any atom is 0.177 e. The molecule has 0 heterocycles. The van der Waals surface area contributed by atoms with E-state index in [1.165, 1.54) is 7.11 Å². The van der Waals surface area contributed by atoms with Gasteiger partial charge in [-0.3, -0.25) is 0 Å². The summed E-state index contributed by atoms with van der Waals surface area (Å²) < 4.78 is 15.8. The Bertz CT molecular complexity index is 381. The fourth-order valence-electron chi connectivity index (χ4n) is 1.48. The summed E-state index contributed by atoms with van der Waals surface area (Å²) >= 11 is 0. The van der Waals surface area contributed by atoms with Crippen LogP contribution in [0.4, 0.5) is 0 Å². The van der Waals surface area contributed by atoms with E-state index in [-0.39, 0.29) is 12.0 Å². The van der Waals surface area contributed by atoms with Gasteiger partial charge in [-0.2, -0.15) is 0 Å². The van der Waals surface area contributed by atoms with Crippen molar-refractivity contribution >= 4 is 6.08 Å². The lowest BCUT2D eigenvalue weighted by atomic mass is 10.2. The van der Waals surface area contributed by atoms with E-state index in [9.17, 15) is 5.11 Å². The van der Waals surface area contributed by atoms with Crippen LogP contribution in [0.3, 0.4) is 0 Å². The third kappa shape index (κ3) is 4.39. The van der Waals surface area contributed by atoms with Crippen LogP contribution in [0.2, 0.25) is 0 Å². The molecular weight excluding hydrogens is 232 g/mol. The Hall–Kier alpha value is -1.52. The first-order chi connectivity index (χ1) is 8.71. The van der Waals surface area contributed by atoms with E-state index in [1.807, 2.05) is 26.0 Å². The van der Waals surface area contributed by atoms with Crippen LogP contribution in [-0.2, 0) is 9.47 Å². The third-order valence-electron chi connectivity index (χ3n) is 2.31. The summed E-state index contributed by atoms with van der Waals surface area (Å²) in [5.74, 6) is 0.572. The van der Waals surface area contributed by atoms with Crippen LogP contribution < -0.4 is 4.74 Å². The Labute approximate surface area is 108 Å². The highest BCUT2D eigenvalue weighted by Gasteiger charge is 2.03. The smallest absolute Gasteiger partial charge is 0.177 e. The molecule has 0 saturated heterocycles. The van der Waals surface area contributed by atoms with Crippen molar-refractivity contribution in [3.05, 3.63) is 29.8 Å². The monoisotopic (exact) mass is 252 g/mol. The first-order valence-electron chi connectivity index (χ1n) is 5.99. The Morgan fingerprint density at radius 3 is 2.44 bits per heavy atom. The van der Waals surface area contributed by atoms with E-state index in [1.54, 1.807) is 18.2 Å². The maximum absolute atomic E-state index is 9.48. The highest BCUT2D eigenvalue weighted by molar-refractivity contribution is 5.55. The Balaban J connectivity index is 2.75. The van der Waals surface area contributed by atoms with Gasteiger partial charge in [0.05, 0.1) is 7.11 Å². The Morgan fingerprint density at radius 1 is 1.22 bits per heavy atom. The van der Waals surface area contributed by atoms with Gasteiger partial charge in [-0.15, -0.1) is 0 Å². The maximum atomic E-state index is 9.48. The van der Waals surface area contributed by atoms with Gasteiger partial charge in [0.1, 0.15) is 0 Å². The van der Waals surface area contributed by atoms with Crippen molar-refractivity contribution in [1.29, 1.82) is 0 Å². The van der Waals surface area contributed by atoms with Gasteiger partial charge in [-0.05, 0) is 37.6 Å². The molecule has 0 amide bonds. The summed E-state index contributed by atoms with van der Waals surface area (Å²) in [4.78, 5) is 0. The predicted molar refractivity (Wildman–Crippen MR) is 70.7 cm³/mol. The van der Waals surface area contributed by atoms with Gasteiger partial charge < -0.3 is 19.3 Å². The van der Waals surface area contributed by atoms with Gasteiger partial charge >= 0.3 is 0 Å². The van der Waals surface area contributed by atoms with E-state index < -0.39 is 0 Å². The van der Waals surface area contributed by atoms with E-state index in [2.05, 4.69) is 0 Å². The molecule has 1 rings (SSSR count). The summed E-state index contributed by atoms with van der Waals surface area (Å²) in [5, 5.41) is 9.48. The molecule has 1 aromatic carbocycles. The molecule has 4 nitrogen and oxygen atoms in total. The molecule has 1 aromatic rings. The fourth-order valence-corrected chi connectivity index (χ4v) is 1.48. The van der Waals surface area contributed by atoms with Gasteiger partial charge in [0.15, 0.2) is 17.8 Å². The molecule has 0 aliphatic carbocycles. The fraction of sp³-hybridized carbons (Fsp3) is 0.429. The third-order valence-corrected chi connectivity index (χ3v) is 2.31. The van der Waals surface area contributed by atoms with Crippen molar-refractivity contribution in [2.45, 2.75) is 20.1 Å². The van der Waals surface area contributed by atoms with Crippen LogP contribution >= 0.6 is 0 Å². The SMILES string of the molecule is CCOC(/C=C/c1ccc(O)c(OC)c1)OCC. The second-order valence-corrected chi connectivity index (χ2v) is 3.57. The average Bonchev–Trinajstić information content (AvgIpc) is 2.38. The second kappa shape index (κ2) is 7.74. The van der Waals surface area contributed by atoms with Crippen LogP contribution in [0.5, 0.6) is 11.5 Å². The predicted octanol–water partition coefficient (Wildman–Crippen LogP) is 2.81. The van der Waals surface area contributed by atoms with Gasteiger partial charge in [0.2, 0.25) is 0 Å². The van der Waals surface area contributed by atoms with Crippen LogP contribution in [0.1, 0.15) is 19.4 Å². The van der Waals surface area contributed by atoms with E-state index in [0.29, 0.717) is 19.0 Å². The van der Waals surface area contributed by atoms with Gasteiger partial charge in [0, 0.05) is 13.2 Å². The lowest BCUT2D eigenvalue weighted by molar-refractivity contribution is -0.103. The molecule has 0 aliphatic heterocycles. The van der Waals surface area contributed by atoms with E-state index >= 15 is 0 Å². The van der Waals surface area contributed by atoms with Crippen molar-refractivity contribution < 1.29 is 19.3 Å². The van der Waals surface area contributed by atoms with Crippen molar-refractivity contribution in [1.82, 2.24) is 0 Å². The highest BCUT2D eigenvalue weighted by Crippen LogP contribution is 2.26. The van der Waals surface area contributed by atoms with Crippen LogP contribution in [-0.4, -0.2) is 31.7 Å². The molecular formula is C14H20O4. The Morgan fingerprint density at radius 2 is 1.89 bits per heavy atom. The van der Waals surface area contributed by atoms with E-state index in [4.69, 9.17) is 14.2 Å². The Kier molecular flexibility index (Phi) is 6.25. The van der Waals surface area contributed by atoms with Gasteiger partial charge in [0.25, 0.3) is 0 Å². The number of phenols is 1. The quantitative estimate of drug-likeness (QED) is 0.758. The molecule has 0 spiro atoms. The minimum Gasteiger partial charge on any atom is -0.504 e. The summed E-state index contributed by atoms with van der Waals surface area (Å²) in [6.45, 7) is 5.02. The molecule has 0 atom stereocenters.